The first-order valence-electron chi connectivity index (χ1n) is 9.59. The minimum absolute atomic E-state index is 0.112. The fraction of sp³-hybridized carbons (Fsp3) is 0.619. The van der Waals surface area contributed by atoms with Crippen LogP contribution in [0.2, 0.25) is 5.02 Å². The summed E-state index contributed by atoms with van der Waals surface area (Å²) >= 11 is 5.95. The summed E-state index contributed by atoms with van der Waals surface area (Å²) in [6.07, 6.45) is 7.87. The van der Waals surface area contributed by atoms with Crippen molar-refractivity contribution in [1.82, 2.24) is 4.90 Å². The molecule has 4 nitrogen and oxygen atoms in total. The molecule has 1 aliphatic rings. The van der Waals surface area contributed by atoms with E-state index in [1.807, 2.05) is 24.3 Å². The highest BCUT2D eigenvalue weighted by molar-refractivity contribution is 6.30. The van der Waals surface area contributed by atoms with Crippen LogP contribution in [0.15, 0.2) is 24.3 Å². The van der Waals surface area contributed by atoms with Crippen molar-refractivity contribution in [3.8, 4) is 0 Å². The van der Waals surface area contributed by atoms with Crippen LogP contribution < -0.4 is 0 Å². The second kappa shape index (κ2) is 10.6. The van der Waals surface area contributed by atoms with Crippen LogP contribution in [0, 0.1) is 11.8 Å². The smallest absolute Gasteiger partial charge is 0.310 e. The van der Waals surface area contributed by atoms with Crippen LogP contribution in [-0.2, 0) is 20.9 Å². The van der Waals surface area contributed by atoms with Gasteiger partial charge in [0.15, 0.2) is 0 Å². The van der Waals surface area contributed by atoms with Gasteiger partial charge in [0.05, 0.1) is 13.0 Å². The first-order valence-corrected chi connectivity index (χ1v) is 9.97. The second-order valence-electron chi connectivity index (χ2n) is 7.37. The average molecular weight is 380 g/mol. The molecule has 1 aromatic carbocycles. The first kappa shape index (κ1) is 20.8. The molecule has 0 aliphatic heterocycles. The summed E-state index contributed by atoms with van der Waals surface area (Å²) in [5, 5.41) is 0.673. The Morgan fingerprint density at radius 2 is 1.85 bits per heavy atom. The lowest BCUT2D eigenvalue weighted by Gasteiger charge is -2.27. The summed E-state index contributed by atoms with van der Waals surface area (Å²) in [5.74, 6) is 0.154. The summed E-state index contributed by atoms with van der Waals surface area (Å²) in [6.45, 7) is 2.66. The van der Waals surface area contributed by atoms with Gasteiger partial charge in [0.25, 0.3) is 0 Å². The highest BCUT2D eigenvalue weighted by Crippen LogP contribution is 2.27. The molecule has 0 heterocycles. The number of benzene rings is 1. The van der Waals surface area contributed by atoms with E-state index >= 15 is 0 Å². The number of nitrogens with zero attached hydrogens (tertiary/aromatic N) is 1. The molecule has 26 heavy (non-hydrogen) atoms. The molecular weight excluding hydrogens is 350 g/mol. The Hall–Kier alpha value is -1.55. The molecule has 1 amide bonds. The largest absolute Gasteiger partial charge is 0.469 e. The lowest BCUT2D eigenvalue weighted by atomic mass is 9.86. The molecule has 0 aromatic heterocycles. The van der Waals surface area contributed by atoms with Crippen molar-refractivity contribution in [3.63, 3.8) is 0 Å². The van der Waals surface area contributed by atoms with Crippen molar-refractivity contribution in [1.29, 1.82) is 0 Å². The highest BCUT2D eigenvalue weighted by Gasteiger charge is 2.23. The molecule has 0 saturated heterocycles. The summed E-state index contributed by atoms with van der Waals surface area (Å²) in [4.78, 5) is 26.4. The van der Waals surface area contributed by atoms with E-state index in [1.165, 1.54) is 39.2 Å². The lowest BCUT2D eigenvalue weighted by molar-refractivity contribution is -0.146. The van der Waals surface area contributed by atoms with E-state index in [1.54, 1.807) is 11.8 Å². The van der Waals surface area contributed by atoms with Gasteiger partial charge in [-0.2, -0.15) is 0 Å². The molecule has 1 aromatic rings. The number of ether oxygens (including phenoxy) is 1. The van der Waals surface area contributed by atoms with E-state index in [2.05, 4.69) is 0 Å². The minimum atomic E-state index is -0.342. The van der Waals surface area contributed by atoms with Crippen molar-refractivity contribution in [2.75, 3.05) is 13.7 Å². The fourth-order valence-corrected chi connectivity index (χ4v) is 3.76. The second-order valence-corrected chi connectivity index (χ2v) is 7.80. The maximum absolute atomic E-state index is 12.9. The van der Waals surface area contributed by atoms with Crippen LogP contribution in [0.5, 0.6) is 0 Å². The standard InChI is InChI=1S/C21H30ClNO3/c1-16(21(25)26-2)14-23(15-18-8-11-19(22)12-9-18)20(24)13-10-17-6-4-3-5-7-17/h8-9,11-12,16-17H,3-7,10,13-15H2,1-2H3. The van der Waals surface area contributed by atoms with E-state index in [0.717, 1.165) is 12.0 Å². The van der Waals surface area contributed by atoms with Gasteiger partial charge in [-0.05, 0) is 30.0 Å². The van der Waals surface area contributed by atoms with E-state index in [-0.39, 0.29) is 17.8 Å². The Morgan fingerprint density at radius 1 is 1.19 bits per heavy atom. The van der Waals surface area contributed by atoms with Gasteiger partial charge in [-0.25, -0.2) is 0 Å². The van der Waals surface area contributed by atoms with Crippen LogP contribution in [-0.4, -0.2) is 30.4 Å². The van der Waals surface area contributed by atoms with Gasteiger partial charge in [0, 0.05) is 24.5 Å². The summed E-state index contributed by atoms with van der Waals surface area (Å²) in [7, 11) is 1.38. The van der Waals surface area contributed by atoms with Gasteiger partial charge >= 0.3 is 5.97 Å². The number of methoxy groups -OCH3 is 1. The Kier molecular flexibility index (Phi) is 8.43. The van der Waals surface area contributed by atoms with E-state index in [0.29, 0.717) is 30.5 Å². The van der Waals surface area contributed by atoms with Crippen molar-refractivity contribution in [2.24, 2.45) is 11.8 Å². The molecule has 1 atom stereocenters. The van der Waals surface area contributed by atoms with Crippen LogP contribution in [0.4, 0.5) is 0 Å². The van der Waals surface area contributed by atoms with Crippen molar-refractivity contribution in [3.05, 3.63) is 34.9 Å². The van der Waals surface area contributed by atoms with Crippen molar-refractivity contribution < 1.29 is 14.3 Å². The van der Waals surface area contributed by atoms with Gasteiger partial charge in [-0.1, -0.05) is 62.8 Å². The zero-order valence-electron chi connectivity index (χ0n) is 15.9. The van der Waals surface area contributed by atoms with Gasteiger partial charge in [-0.3, -0.25) is 9.59 Å². The summed E-state index contributed by atoms with van der Waals surface area (Å²) < 4.78 is 4.82. The molecule has 1 aliphatic carbocycles. The number of hydrogen-bond acceptors (Lipinski definition) is 3. The molecule has 5 heteroatoms. The van der Waals surface area contributed by atoms with Gasteiger partial charge < -0.3 is 9.64 Å². The third-order valence-corrected chi connectivity index (χ3v) is 5.48. The van der Waals surface area contributed by atoms with Gasteiger partial charge in [0.1, 0.15) is 0 Å². The van der Waals surface area contributed by atoms with Crippen LogP contribution in [0.3, 0.4) is 0 Å². The van der Waals surface area contributed by atoms with E-state index in [4.69, 9.17) is 16.3 Å². The number of rotatable bonds is 8. The monoisotopic (exact) mass is 379 g/mol. The molecule has 0 N–H and O–H groups in total. The zero-order valence-corrected chi connectivity index (χ0v) is 16.6. The van der Waals surface area contributed by atoms with Gasteiger partial charge in [-0.15, -0.1) is 0 Å². The Labute approximate surface area is 161 Å². The SMILES string of the molecule is COC(=O)C(C)CN(Cc1ccc(Cl)cc1)C(=O)CCC1CCCCC1. The quantitative estimate of drug-likeness (QED) is 0.607. The maximum atomic E-state index is 12.9. The zero-order chi connectivity index (χ0) is 18.9. The number of esters is 1. The number of carbonyl (C=O) groups excluding carboxylic acids is 2. The van der Waals surface area contributed by atoms with E-state index < -0.39 is 0 Å². The molecule has 0 spiro atoms. The van der Waals surface area contributed by atoms with Gasteiger partial charge in [0.2, 0.25) is 5.91 Å². The maximum Gasteiger partial charge on any atom is 0.310 e. The molecule has 2 rings (SSSR count). The topological polar surface area (TPSA) is 46.6 Å². The third kappa shape index (κ3) is 6.64. The fourth-order valence-electron chi connectivity index (χ4n) is 3.63. The minimum Gasteiger partial charge on any atom is -0.469 e. The number of amides is 1. The Bertz CT molecular complexity index is 581. The average Bonchev–Trinajstić information content (AvgIpc) is 2.67. The molecule has 1 unspecified atom stereocenters. The highest BCUT2D eigenvalue weighted by atomic mass is 35.5. The molecule has 144 valence electrons. The number of carbonyl (C=O) groups is 2. The molecule has 1 saturated carbocycles. The summed E-state index contributed by atoms with van der Waals surface area (Å²) in [6, 6.07) is 7.50. The van der Waals surface area contributed by atoms with Crippen molar-refractivity contribution in [2.45, 2.75) is 58.4 Å². The third-order valence-electron chi connectivity index (χ3n) is 5.23. The molecule has 1 fully saturated rings. The predicted molar refractivity (Wildman–Crippen MR) is 104 cm³/mol. The number of halogens is 1. The van der Waals surface area contributed by atoms with Crippen LogP contribution >= 0.6 is 11.6 Å². The first-order chi connectivity index (χ1) is 12.5. The predicted octanol–water partition coefficient (Wildman–Crippen LogP) is 4.84. The lowest BCUT2D eigenvalue weighted by Crippen LogP contribution is -2.37. The number of hydrogen-bond donors (Lipinski definition) is 0. The Morgan fingerprint density at radius 3 is 2.46 bits per heavy atom. The normalized spacial score (nSPS) is 16.1. The van der Waals surface area contributed by atoms with Crippen LogP contribution in [0.1, 0.15) is 57.4 Å². The summed E-state index contributed by atoms with van der Waals surface area (Å²) in [5.41, 5.74) is 1.01. The van der Waals surface area contributed by atoms with Crippen LogP contribution in [0.25, 0.3) is 0 Å². The molecule has 0 bridgehead atoms. The Balaban J connectivity index is 1.98. The molecule has 0 radical (unpaired) electrons. The van der Waals surface area contributed by atoms with Crippen molar-refractivity contribution >= 4 is 23.5 Å². The molecular formula is C21H30ClNO3. The van der Waals surface area contributed by atoms with E-state index in [9.17, 15) is 9.59 Å².